The molecule has 3 N–H and O–H groups in total. The van der Waals surface area contributed by atoms with Crippen LogP contribution in [0.4, 0.5) is 0 Å². The minimum absolute atomic E-state index is 0. The first-order valence-electron chi connectivity index (χ1n) is 9.76. The highest BCUT2D eigenvalue weighted by molar-refractivity contribution is 14.0. The van der Waals surface area contributed by atoms with E-state index in [0.717, 1.165) is 17.7 Å². The molecule has 1 unspecified atom stereocenters. The summed E-state index contributed by atoms with van der Waals surface area (Å²) in [4.78, 5) is 4.71. The molecule has 0 amide bonds. The third kappa shape index (κ3) is 6.56. The number of rotatable bonds is 8. The molecule has 2 heterocycles. The fourth-order valence-corrected chi connectivity index (χ4v) is 3.00. The van der Waals surface area contributed by atoms with Gasteiger partial charge >= 0.3 is 0 Å². The molecule has 162 valence electrons. The standard InChI is InChI=1S/C21H29N7O.HI/c1-4-22-20(24-16-21(2,29)19-13-26-27(3)15-19)23-12-17-8-5-6-9-18(17)14-28-11-7-10-25-28;/h5-11,13,15,29H,4,12,14,16H2,1-3H3,(H2,22,23,24);1H. The summed E-state index contributed by atoms with van der Waals surface area (Å²) in [6.07, 6.45) is 7.23. The van der Waals surface area contributed by atoms with Crippen LogP contribution in [0.25, 0.3) is 0 Å². The summed E-state index contributed by atoms with van der Waals surface area (Å²) in [5.41, 5.74) is 2.02. The molecule has 3 aromatic rings. The Hall–Kier alpha value is -2.40. The van der Waals surface area contributed by atoms with E-state index in [9.17, 15) is 5.11 Å². The van der Waals surface area contributed by atoms with Crippen LogP contribution in [-0.4, -0.2) is 43.7 Å². The van der Waals surface area contributed by atoms with Gasteiger partial charge in [0, 0.05) is 37.7 Å². The number of guanidine groups is 1. The van der Waals surface area contributed by atoms with Gasteiger partial charge < -0.3 is 15.7 Å². The van der Waals surface area contributed by atoms with Gasteiger partial charge in [0.15, 0.2) is 5.96 Å². The zero-order valence-corrected chi connectivity index (χ0v) is 19.9. The van der Waals surface area contributed by atoms with E-state index in [1.54, 1.807) is 24.0 Å². The maximum atomic E-state index is 10.8. The highest BCUT2D eigenvalue weighted by Crippen LogP contribution is 2.18. The molecule has 0 aliphatic carbocycles. The number of aromatic nitrogens is 4. The SMILES string of the molecule is CCNC(=NCc1ccccc1Cn1cccn1)NCC(C)(O)c1cnn(C)c1.I. The van der Waals surface area contributed by atoms with Gasteiger partial charge in [-0.15, -0.1) is 24.0 Å². The molecule has 0 spiro atoms. The summed E-state index contributed by atoms with van der Waals surface area (Å²) in [6, 6.07) is 10.1. The number of nitrogens with zero attached hydrogens (tertiary/aromatic N) is 5. The number of aliphatic imine (C=N–C) groups is 1. The van der Waals surface area contributed by atoms with Crippen molar-refractivity contribution >= 4 is 29.9 Å². The molecule has 30 heavy (non-hydrogen) atoms. The second kappa shape index (κ2) is 11.1. The van der Waals surface area contributed by atoms with Crippen molar-refractivity contribution in [1.29, 1.82) is 0 Å². The van der Waals surface area contributed by atoms with Gasteiger partial charge in [0.05, 0.1) is 25.8 Å². The molecule has 0 fully saturated rings. The minimum Gasteiger partial charge on any atom is -0.383 e. The predicted molar refractivity (Wildman–Crippen MR) is 129 cm³/mol. The van der Waals surface area contributed by atoms with Gasteiger partial charge in [-0.1, -0.05) is 24.3 Å². The van der Waals surface area contributed by atoms with Crippen molar-refractivity contribution in [2.75, 3.05) is 13.1 Å². The van der Waals surface area contributed by atoms with Crippen molar-refractivity contribution in [3.05, 3.63) is 71.8 Å². The summed E-state index contributed by atoms with van der Waals surface area (Å²) in [7, 11) is 1.83. The van der Waals surface area contributed by atoms with Crippen LogP contribution < -0.4 is 10.6 Å². The Morgan fingerprint density at radius 1 is 1.17 bits per heavy atom. The molecule has 0 bridgehead atoms. The van der Waals surface area contributed by atoms with E-state index in [1.165, 1.54) is 5.56 Å². The Morgan fingerprint density at radius 3 is 2.57 bits per heavy atom. The maximum Gasteiger partial charge on any atom is 0.191 e. The van der Waals surface area contributed by atoms with Crippen LogP contribution >= 0.6 is 24.0 Å². The smallest absolute Gasteiger partial charge is 0.191 e. The van der Waals surface area contributed by atoms with Gasteiger partial charge in [0.1, 0.15) is 5.60 Å². The first-order valence-corrected chi connectivity index (χ1v) is 9.76. The number of halogens is 1. The van der Waals surface area contributed by atoms with Crippen molar-refractivity contribution in [1.82, 2.24) is 30.2 Å². The van der Waals surface area contributed by atoms with Crippen LogP contribution in [0.2, 0.25) is 0 Å². The van der Waals surface area contributed by atoms with E-state index in [-0.39, 0.29) is 24.0 Å². The molecule has 2 aromatic heterocycles. The largest absolute Gasteiger partial charge is 0.383 e. The Morgan fingerprint density at radius 2 is 1.93 bits per heavy atom. The third-order valence-electron chi connectivity index (χ3n) is 4.69. The van der Waals surface area contributed by atoms with Gasteiger partial charge in [0.2, 0.25) is 0 Å². The number of aliphatic hydroxyl groups is 1. The summed E-state index contributed by atoms with van der Waals surface area (Å²) in [6.45, 7) is 6.07. The van der Waals surface area contributed by atoms with Crippen LogP contribution in [0.15, 0.2) is 60.1 Å². The molecule has 0 saturated carbocycles. The molecule has 9 heteroatoms. The van der Waals surface area contributed by atoms with Crippen molar-refractivity contribution in [3.8, 4) is 0 Å². The molecule has 0 aliphatic rings. The van der Waals surface area contributed by atoms with Crippen LogP contribution in [0.1, 0.15) is 30.5 Å². The molecular formula is C21H30IN7O. The van der Waals surface area contributed by atoms with E-state index < -0.39 is 5.60 Å². The lowest BCUT2D eigenvalue weighted by Crippen LogP contribution is -2.44. The van der Waals surface area contributed by atoms with E-state index >= 15 is 0 Å². The van der Waals surface area contributed by atoms with Gasteiger partial charge in [-0.2, -0.15) is 10.2 Å². The summed E-state index contributed by atoms with van der Waals surface area (Å²) in [5.74, 6) is 0.658. The van der Waals surface area contributed by atoms with Gasteiger partial charge in [-0.3, -0.25) is 9.36 Å². The average molecular weight is 523 g/mol. The summed E-state index contributed by atoms with van der Waals surface area (Å²) in [5, 5.41) is 25.7. The molecule has 8 nitrogen and oxygen atoms in total. The van der Waals surface area contributed by atoms with Gasteiger partial charge in [-0.05, 0) is 31.0 Å². The maximum absolute atomic E-state index is 10.8. The number of aryl methyl sites for hydroxylation is 1. The average Bonchev–Trinajstić information content (AvgIpc) is 3.37. The van der Waals surface area contributed by atoms with E-state index in [4.69, 9.17) is 4.99 Å². The Bertz CT molecular complexity index is 935. The van der Waals surface area contributed by atoms with Crippen LogP contribution in [-0.2, 0) is 25.7 Å². The lowest BCUT2D eigenvalue weighted by molar-refractivity contribution is 0.0616. The minimum atomic E-state index is -1.05. The lowest BCUT2D eigenvalue weighted by Gasteiger charge is -2.23. The summed E-state index contributed by atoms with van der Waals surface area (Å²) < 4.78 is 3.58. The molecule has 1 atom stereocenters. The highest BCUT2D eigenvalue weighted by Gasteiger charge is 2.25. The molecule has 0 radical (unpaired) electrons. The molecule has 1 aromatic carbocycles. The van der Waals surface area contributed by atoms with Crippen LogP contribution in [0.3, 0.4) is 0 Å². The van der Waals surface area contributed by atoms with Crippen molar-refractivity contribution in [2.45, 2.75) is 32.5 Å². The Balaban J connectivity index is 0.00000320. The quantitative estimate of drug-likeness (QED) is 0.239. The zero-order chi connectivity index (χ0) is 20.7. The molecule has 0 aliphatic heterocycles. The number of nitrogens with one attached hydrogen (secondary N) is 2. The Kier molecular flexibility index (Phi) is 8.85. The fourth-order valence-electron chi connectivity index (χ4n) is 3.00. The number of hydrogen-bond acceptors (Lipinski definition) is 4. The second-order valence-electron chi connectivity index (χ2n) is 7.20. The first kappa shape index (κ1) is 23.9. The topological polar surface area (TPSA) is 92.3 Å². The third-order valence-corrected chi connectivity index (χ3v) is 4.69. The summed E-state index contributed by atoms with van der Waals surface area (Å²) >= 11 is 0. The predicted octanol–water partition coefficient (Wildman–Crippen LogP) is 2.25. The molecule has 3 rings (SSSR count). The van der Waals surface area contributed by atoms with Gasteiger partial charge in [0.25, 0.3) is 0 Å². The zero-order valence-electron chi connectivity index (χ0n) is 17.6. The highest BCUT2D eigenvalue weighted by atomic mass is 127. The number of hydrogen-bond donors (Lipinski definition) is 3. The van der Waals surface area contributed by atoms with Crippen LogP contribution in [0, 0.1) is 0 Å². The van der Waals surface area contributed by atoms with Gasteiger partial charge in [-0.25, -0.2) is 4.99 Å². The number of benzene rings is 1. The van der Waals surface area contributed by atoms with Crippen LogP contribution in [0.5, 0.6) is 0 Å². The fraction of sp³-hybridized carbons (Fsp3) is 0.381. The van der Waals surface area contributed by atoms with Crippen molar-refractivity contribution in [3.63, 3.8) is 0 Å². The first-order chi connectivity index (χ1) is 14.0. The van der Waals surface area contributed by atoms with E-state index in [2.05, 4.69) is 33.0 Å². The Labute approximate surface area is 194 Å². The molecule has 0 saturated heterocycles. The second-order valence-corrected chi connectivity index (χ2v) is 7.20. The normalized spacial score (nSPS) is 13.4. The van der Waals surface area contributed by atoms with E-state index in [0.29, 0.717) is 25.6 Å². The lowest BCUT2D eigenvalue weighted by atomic mass is 10.00. The van der Waals surface area contributed by atoms with Crippen molar-refractivity contribution < 1.29 is 5.11 Å². The molecular weight excluding hydrogens is 493 g/mol. The monoisotopic (exact) mass is 523 g/mol. The van der Waals surface area contributed by atoms with Crippen molar-refractivity contribution in [2.24, 2.45) is 12.0 Å². The van der Waals surface area contributed by atoms with E-state index in [1.807, 2.05) is 49.2 Å².